The Morgan fingerprint density at radius 3 is 2.65 bits per heavy atom. The van der Waals surface area contributed by atoms with E-state index < -0.39 is 11.4 Å². The Kier molecular flexibility index (Phi) is 7.29. The molecule has 1 amide bonds. The molecule has 0 radical (unpaired) electrons. The lowest BCUT2D eigenvalue weighted by atomic mass is 9.96. The minimum atomic E-state index is -0.954. The van der Waals surface area contributed by atoms with Crippen molar-refractivity contribution in [1.29, 1.82) is 0 Å². The highest BCUT2D eigenvalue weighted by molar-refractivity contribution is 5.97. The number of ether oxygens (including phenoxy) is 1. The Labute approximate surface area is 143 Å². The number of amides is 1. The van der Waals surface area contributed by atoms with Crippen molar-refractivity contribution in [1.82, 2.24) is 0 Å². The molecule has 1 atom stereocenters. The van der Waals surface area contributed by atoms with Gasteiger partial charge in [0.25, 0.3) is 0 Å². The van der Waals surface area contributed by atoms with Crippen LogP contribution in [0.5, 0.6) is 5.75 Å². The van der Waals surface area contributed by atoms with Crippen molar-refractivity contribution in [2.45, 2.75) is 64.0 Å². The molecule has 0 saturated heterocycles. The number of carbonyl (C=O) groups is 1. The van der Waals surface area contributed by atoms with Gasteiger partial charge in [0.15, 0.2) is 11.6 Å². The SMILES string of the molecule is CCCC(C)(N)C(=O)Nc1ccc(OC2CCCC2)c(F)c1.Cl. The molecule has 4 nitrogen and oxygen atoms in total. The highest BCUT2D eigenvalue weighted by Gasteiger charge is 2.27. The predicted molar refractivity (Wildman–Crippen MR) is 92.7 cm³/mol. The summed E-state index contributed by atoms with van der Waals surface area (Å²) >= 11 is 0. The molecular weight excluding hydrogens is 319 g/mol. The van der Waals surface area contributed by atoms with Crippen LogP contribution in [0.4, 0.5) is 10.1 Å². The van der Waals surface area contributed by atoms with Crippen LogP contribution in [0.3, 0.4) is 0 Å². The normalized spacial score (nSPS) is 17.2. The van der Waals surface area contributed by atoms with E-state index >= 15 is 0 Å². The fourth-order valence-electron chi connectivity index (χ4n) is 2.77. The first-order chi connectivity index (χ1) is 10.4. The van der Waals surface area contributed by atoms with E-state index in [0.717, 1.165) is 32.1 Å². The van der Waals surface area contributed by atoms with Crippen molar-refractivity contribution in [2.75, 3.05) is 5.32 Å². The van der Waals surface area contributed by atoms with E-state index in [2.05, 4.69) is 5.32 Å². The molecule has 0 aliphatic heterocycles. The molecule has 130 valence electrons. The first-order valence-electron chi connectivity index (χ1n) is 7.99. The number of carbonyl (C=O) groups excluding carboxylic acids is 1. The lowest BCUT2D eigenvalue weighted by Crippen LogP contribution is -2.48. The number of rotatable bonds is 6. The van der Waals surface area contributed by atoms with Crippen molar-refractivity contribution < 1.29 is 13.9 Å². The second-order valence-corrected chi connectivity index (χ2v) is 6.29. The third kappa shape index (κ3) is 5.36. The summed E-state index contributed by atoms with van der Waals surface area (Å²) in [6.45, 7) is 3.65. The zero-order chi connectivity index (χ0) is 16.2. The Morgan fingerprint density at radius 2 is 2.09 bits per heavy atom. The summed E-state index contributed by atoms with van der Waals surface area (Å²) in [7, 11) is 0. The summed E-state index contributed by atoms with van der Waals surface area (Å²) in [4.78, 5) is 12.1. The summed E-state index contributed by atoms with van der Waals surface area (Å²) in [5.41, 5.74) is 5.41. The number of nitrogens with one attached hydrogen (secondary N) is 1. The smallest absolute Gasteiger partial charge is 0.244 e. The van der Waals surface area contributed by atoms with Crippen LogP contribution in [0, 0.1) is 5.82 Å². The highest BCUT2D eigenvalue weighted by atomic mass is 35.5. The van der Waals surface area contributed by atoms with Crippen LogP contribution in [0.2, 0.25) is 0 Å². The predicted octanol–water partition coefficient (Wildman–Crippen LogP) is 4.02. The first kappa shape index (κ1) is 19.7. The van der Waals surface area contributed by atoms with Gasteiger partial charge in [0, 0.05) is 11.8 Å². The molecule has 3 N–H and O–H groups in total. The zero-order valence-corrected chi connectivity index (χ0v) is 14.5. The Balaban J connectivity index is 0.00000264. The van der Waals surface area contributed by atoms with Gasteiger partial charge in [-0.1, -0.05) is 13.3 Å². The number of anilines is 1. The maximum absolute atomic E-state index is 14.1. The van der Waals surface area contributed by atoms with Crippen LogP contribution in [0.15, 0.2) is 18.2 Å². The number of nitrogens with two attached hydrogens (primary N) is 1. The molecule has 1 fully saturated rings. The number of hydrogen-bond donors (Lipinski definition) is 2. The molecule has 6 heteroatoms. The van der Waals surface area contributed by atoms with Crippen molar-refractivity contribution >= 4 is 24.0 Å². The number of benzene rings is 1. The van der Waals surface area contributed by atoms with E-state index in [-0.39, 0.29) is 30.2 Å². The molecule has 1 aliphatic rings. The van der Waals surface area contributed by atoms with E-state index in [4.69, 9.17) is 10.5 Å². The summed E-state index contributed by atoms with van der Waals surface area (Å²) in [5.74, 6) is -0.522. The van der Waals surface area contributed by atoms with Gasteiger partial charge in [-0.2, -0.15) is 0 Å². The summed E-state index contributed by atoms with van der Waals surface area (Å²) < 4.78 is 19.8. The molecule has 0 aromatic heterocycles. The van der Waals surface area contributed by atoms with Crippen LogP contribution in [-0.4, -0.2) is 17.6 Å². The van der Waals surface area contributed by atoms with Gasteiger partial charge >= 0.3 is 0 Å². The van der Waals surface area contributed by atoms with Crippen LogP contribution >= 0.6 is 12.4 Å². The van der Waals surface area contributed by atoms with Crippen LogP contribution in [0.25, 0.3) is 0 Å². The van der Waals surface area contributed by atoms with E-state index in [1.165, 1.54) is 6.07 Å². The average molecular weight is 345 g/mol. The fourth-order valence-corrected chi connectivity index (χ4v) is 2.77. The van der Waals surface area contributed by atoms with Crippen molar-refractivity contribution in [3.63, 3.8) is 0 Å². The molecule has 0 spiro atoms. The lowest BCUT2D eigenvalue weighted by molar-refractivity contribution is -0.120. The van der Waals surface area contributed by atoms with Gasteiger partial charge in [-0.25, -0.2) is 4.39 Å². The second kappa shape index (κ2) is 8.50. The van der Waals surface area contributed by atoms with Gasteiger partial charge in [0.2, 0.25) is 5.91 Å². The van der Waals surface area contributed by atoms with Gasteiger partial charge in [-0.05, 0) is 51.2 Å². The van der Waals surface area contributed by atoms with Crippen LogP contribution in [-0.2, 0) is 4.79 Å². The maximum atomic E-state index is 14.1. The van der Waals surface area contributed by atoms with Crippen LogP contribution < -0.4 is 15.8 Å². The molecular formula is C17H26ClFN2O2. The Hall–Kier alpha value is -1.33. The Bertz CT molecular complexity index is 531. The summed E-state index contributed by atoms with van der Waals surface area (Å²) in [5, 5.41) is 2.67. The van der Waals surface area contributed by atoms with Crippen molar-refractivity contribution in [3.05, 3.63) is 24.0 Å². The van der Waals surface area contributed by atoms with Gasteiger partial charge in [0.05, 0.1) is 11.6 Å². The molecule has 1 unspecified atom stereocenters. The number of halogens is 2. The summed E-state index contributed by atoms with van der Waals surface area (Å²) in [6, 6.07) is 4.49. The van der Waals surface area contributed by atoms with Gasteiger partial charge in [0.1, 0.15) is 0 Å². The topological polar surface area (TPSA) is 64.4 Å². The third-order valence-electron chi connectivity index (χ3n) is 4.07. The lowest BCUT2D eigenvalue weighted by Gasteiger charge is -2.23. The molecule has 23 heavy (non-hydrogen) atoms. The average Bonchev–Trinajstić information content (AvgIpc) is 2.94. The van der Waals surface area contributed by atoms with E-state index in [9.17, 15) is 9.18 Å². The molecule has 0 heterocycles. The van der Waals surface area contributed by atoms with Gasteiger partial charge in [-0.15, -0.1) is 12.4 Å². The quantitative estimate of drug-likeness (QED) is 0.819. The standard InChI is InChI=1S/C17H25FN2O2.ClH/c1-3-10-17(2,19)16(21)20-12-8-9-15(14(18)11-12)22-13-6-4-5-7-13;/h8-9,11,13H,3-7,10,19H2,1-2H3,(H,20,21);1H. The monoisotopic (exact) mass is 344 g/mol. The maximum Gasteiger partial charge on any atom is 0.244 e. The van der Waals surface area contributed by atoms with Crippen molar-refractivity contribution in [3.8, 4) is 5.75 Å². The fraction of sp³-hybridized carbons (Fsp3) is 0.588. The van der Waals surface area contributed by atoms with Crippen molar-refractivity contribution in [2.24, 2.45) is 5.73 Å². The molecule has 1 aliphatic carbocycles. The van der Waals surface area contributed by atoms with Gasteiger partial charge < -0.3 is 15.8 Å². The highest BCUT2D eigenvalue weighted by Crippen LogP contribution is 2.28. The first-order valence-corrected chi connectivity index (χ1v) is 7.99. The molecule has 2 rings (SSSR count). The van der Waals surface area contributed by atoms with Gasteiger partial charge in [-0.3, -0.25) is 4.79 Å². The minimum Gasteiger partial charge on any atom is -0.487 e. The van der Waals surface area contributed by atoms with Crippen LogP contribution in [0.1, 0.15) is 52.4 Å². The minimum absolute atomic E-state index is 0. The van der Waals surface area contributed by atoms with E-state index in [0.29, 0.717) is 12.1 Å². The second-order valence-electron chi connectivity index (χ2n) is 6.29. The van der Waals surface area contributed by atoms with E-state index in [1.54, 1.807) is 19.1 Å². The molecule has 0 bridgehead atoms. The summed E-state index contributed by atoms with van der Waals surface area (Å²) in [6.07, 6.45) is 5.69. The molecule has 1 aromatic rings. The molecule has 1 aromatic carbocycles. The zero-order valence-electron chi connectivity index (χ0n) is 13.7. The largest absolute Gasteiger partial charge is 0.487 e. The number of hydrogen-bond acceptors (Lipinski definition) is 3. The Morgan fingerprint density at radius 1 is 1.43 bits per heavy atom. The molecule has 1 saturated carbocycles. The van der Waals surface area contributed by atoms with E-state index in [1.807, 2.05) is 6.92 Å². The third-order valence-corrected chi connectivity index (χ3v) is 4.07.